The van der Waals surface area contributed by atoms with E-state index in [-0.39, 0.29) is 5.78 Å². The summed E-state index contributed by atoms with van der Waals surface area (Å²) in [5, 5.41) is 0. The van der Waals surface area contributed by atoms with Gasteiger partial charge in [0.25, 0.3) is 0 Å². The summed E-state index contributed by atoms with van der Waals surface area (Å²) in [5.74, 6) is 0.143. The van der Waals surface area contributed by atoms with Crippen molar-refractivity contribution in [2.45, 2.75) is 19.3 Å². The standard InChI is InChI=1S/C14H18O2/c1-2-3-7-11-16-12-10-14(15)13-8-5-4-6-9-13/h2,4-6,8-9H,1,3,7,10-12H2. The average molecular weight is 218 g/mol. The largest absolute Gasteiger partial charge is 0.381 e. The van der Waals surface area contributed by atoms with Gasteiger partial charge in [0.1, 0.15) is 0 Å². The van der Waals surface area contributed by atoms with Crippen LogP contribution in [0.25, 0.3) is 0 Å². The van der Waals surface area contributed by atoms with E-state index >= 15 is 0 Å². The predicted molar refractivity (Wildman–Crippen MR) is 65.6 cm³/mol. The van der Waals surface area contributed by atoms with Gasteiger partial charge in [-0.1, -0.05) is 36.4 Å². The van der Waals surface area contributed by atoms with Crippen LogP contribution in [0.2, 0.25) is 0 Å². The fraction of sp³-hybridized carbons (Fsp3) is 0.357. The Morgan fingerprint density at radius 3 is 2.69 bits per heavy atom. The fourth-order valence-electron chi connectivity index (χ4n) is 1.37. The first kappa shape index (κ1) is 12.7. The maximum absolute atomic E-state index is 11.6. The van der Waals surface area contributed by atoms with E-state index in [1.807, 2.05) is 36.4 Å². The third kappa shape index (κ3) is 4.89. The van der Waals surface area contributed by atoms with Gasteiger partial charge in [-0.3, -0.25) is 4.79 Å². The summed E-state index contributed by atoms with van der Waals surface area (Å²) in [4.78, 5) is 11.6. The lowest BCUT2D eigenvalue weighted by molar-refractivity contribution is 0.0875. The second-order valence-corrected chi connectivity index (χ2v) is 3.58. The van der Waals surface area contributed by atoms with Crippen molar-refractivity contribution >= 4 is 5.78 Å². The van der Waals surface area contributed by atoms with Crippen LogP contribution in [-0.4, -0.2) is 19.0 Å². The molecule has 0 aromatic heterocycles. The van der Waals surface area contributed by atoms with Gasteiger partial charge >= 0.3 is 0 Å². The quantitative estimate of drug-likeness (QED) is 0.380. The van der Waals surface area contributed by atoms with E-state index in [4.69, 9.17) is 4.74 Å². The number of ketones is 1. The van der Waals surface area contributed by atoms with Crippen LogP contribution in [0.3, 0.4) is 0 Å². The number of rotatable bonds is 8. The van der Waals surface area contributed by atoms with Crippen LogP contribution >= 0.6 is 0 Å². The normalized spacial score (nSPS) is 10.0. The molecule has 0 fully saturated rings. The lowest BCUT2D eigenvalue weighted by Gasteiger charge is -2.02. The summed E-state index contributed by atoms with van der Waals surface area (Å²) in [6, 6.07) is 9.32. The van der Waals surface area contributed by atoms with Gasteiger partial charge in [0.15, 0.2) is 5.78 Å². The molecule has 0 radical (unpaired) electrons. The Labute approximate surface area is 96.9 Å². The molecule has 1 aromatic carbocycles. The minimum Gasteiger partial charge on any atom is -0.381 e. The van der Waals surface area contributed by atoms with Crippen molar-refractivity contribution in [3.8, 4) is 0 Å². The van der Waals surface area contributed by atoms with Crippen LogP contribution in [0.5, 0.6) is 0 Å². The van der Waals surface area contributed by atoms with Crippen molar-refractivity contribution < 1.29 is 9.53 Å². The van der Waals surface area contributed by atoms with Crippen LogP contribution in [0, 0.1) is 0 Å². The SMILES string of the molecule is C=CCCCOCCC(=O)c1ccccc1. The summed E-state index contributed by atoms with van der Waals surface area (Å²) < 4.78 is 5.36. The van der Waals surface area contributed by atoms with Crippen LogP contribution in [0.4, 0.5) is 0 Å². The van der Waals surface area contributed by atoms with Crippen LogP contribution in [-0.2, 0) is 4.74 Å². The molecule has 2 nitrogen and oxygen atoms in total. The minimum absolute atomic E-state index is 0.143. The van der Waals surface area contributed by atoms with Gasteiger partial charge in [0.2, 0.25) is 0 Å². The molecule has 0 heterocycles. The van der Waals surface area contributed by atoms with Gasteiger partial charge in [-0.15, -0.1) is 6.58 Å². The van der Waals surface area contributed by atoms with Crippen molar-refractivity contribution in [1.29, 1.82) is 0 Å². The van der Waals surface area contributed by atoms with Gasteiger partial charge < -0.3 is 4.74 Å². The monoisotopic (exact) mass is 218 g/mol. The lowest BCUT2D eigenvalue weighted by atomic mass is 10.1. The first-order chi connectivity index (χ1) is 7.84. The van der Waals surface area contributed by atoms with Gasteiger partial charge in [-0.2, -0.15) is 0 Å². The summed E-state index contributed by atoms with van der Waals surface area (Å²) in [6.45, 7) is 4.84. The number of hydrogen-bond donors (Lipinski definition) is 0. The molecule has 0 atom stereocenters. The lowest BCUT2D eigenvalue weighted by Crippen LogP contribution is -2.05. The topological polar surface area (TPSA) is 26.3 Å². The first-order valence-electron chi connectivity index (χ1n) is 5.61. The van der Waals surface area contributed by atoms with Crippen molar-refractivity contribution in [3.63, 3.8) is 0 Å². The van der Waals surface area contributed by atoms with Crippen LogP contribution < -0.4 is 0 Å². The summed E-state index contributed by atoms with van der Waals surface area (Å²) in [5.41, 5.74) is 0.761. The summed E-state index contributed by atoms with van der Waals surface area (Å²) >= 11 is 0. The molecule has 1 rings (SSSR count). The Hall–Kier alpha value is -1.41. The van der Waals surface area contributed by atoms with E-state index in [1.54, 1.807) is 0 Å². The highest BCUT2D eigenvalue weighted by Crippen LogP contribution is 2.03. The highest BCUT2D eigenvalue weighted by molar-refractivity contribution is 5.96. The van der Waals surface area contributed by atoms with E-state index in [0.29, 0.717) is 19.6 Å². The van der Waals surface area contributed by atoms with Crippen molar-refractivity contribution in [3.05, 3.63) is 48.6 Å². The molecule has 86 valence electrons. The summed E-state index contributed by atoms with van der Waals surface area (Å²) in [7, 11) is 0. The molecule has 0 bridgehead atoms. The molecule has 2 heteroatoms. The van der Waals surface area contributed by atoms with Gasteiger partial charge in [0, 0.05) is 18.6 Å². The number of unbranched alkanes of at least 4 members (excludes halogenated alkanes) is 1. The van der Waals surface area contributed by atoms with E-state index in [1.165, 1.54) is 0 Å². The van der Waals surface area contributed by atoms with Crippen molar-refractivity contribution in [1.82, 2.24) is 0 Å². The van der Waals surface area contributed by atoms with Gasteiger partial charge in [-0.05, 0) is 12.8 Å². The van der Waals surface area contributed by atoms with Crippen LogP contribution in [0.1, 0.15) is 29.6 Å². The van der Waals surface area contributed by atoms with E-state index < -0.39 is 0 Å². The second-order valence-electron chi connectivity index (χ2n) is 3.58. The molecule has 0 amide bonds. The molecule has 0 aliphatic rings. The van der Waals surface area contributed by atoms with Crippen molar-refractivity contribution in [2.75, 3.05) is 13.2 Å². The molecule has 0 aliphatic carbocycles. The van der Waals surface area contributed by atoms with E-state index in [0.717, 1.165) is 18.4 Å². The smallest absolute Gasteiger partial charge is 0.165 e. The molecule has 0 unspecified atom stereocenters. The van der Waals surface area contributed by atoms with Crippen molar-refractivity contribution in [2.24, 2.45) is 0 Å². The highest BCUT2D eigenvalue weighted by Gasteiger charge is 2.03. The fourth-order valence-corrected chi connectivity index (χ4v) is 1.37. The number of Topliss-reactive ketones (excluding diaryl/α,β-unsaturated/α-hetero) is 1. The molecule has 0 saturated heterocycles. The minimum atomic E-state index is 0.143. The molecule has 0 N–H and O–H groups in total. The number of benzene rings is 1. The molecular weight excluding hydrogens is 200 g/mol. The Kier molecular flexibility index (Phi) is 6.19. The highest BCUT2D eigenvalue weighted by atomic mass is 16.5. The molecule has 0 spiro atoms. The Bertz CT molecular complexity index is 317. The number of hydrogen-bond acceptors (Lipinski definition) is 2. The zero-order valence-corrected chi connectivity index (χ0v) is 9.52. The number of carbonyl (C=O) groups is 1. The number of ether oxygens (including phenoxy) is 1. The van der Waals surface area contributed by atoms with E-state index in [2.05, 4.69) is 6.58 Å². The zero-order chi connectivity index (χ0) is 11.6. The molecule has 0 saturated carbocycles. The third-order valence-corrected chi connectivity index (χ3v) is 2.27. The number of carbonyl (C=O) groups excluding carboxylic acids is 1. The summed E-state index contributed by atoms with van der Waals surface area (Å²) in [6.07, 6.45) is 4.27. The second kappa shape index (κ2) is 7.83. The Morgan fingerprint density at radius 1 is 1.25 bits per heavy atom. The maximum Gasteiger partial charge on any atom is 0.165 e. The Morgan fingerprint density at radius 2 is 2.00 bits per heavy atom. The Balaban J connectivity index is 2.14. The average Bonchev–Trinajstić information content (AvgIpc) is 2.34. The molecular formula is C14H18O2. The molecule has 16 heavy (non-hydrogen) atoms. The predicted octanol–water partition coefficient (Wildman–Crippen LogP) is 3.24. The first-order valence-corrected chi connectivity index (χ1v) is 5.61. The van der Waals surface area contributed by atoms with E-state index in [9.17, 15) is 4.79 Å². The number of allylic oxidation sites excluding steroid dienone is 1. The maximum atomic E-state index is 11.6. The van der Waals surface area contributed by atoms with Gasteiger partial charge in [-0.25, -0.2) is 0 Å². The van der Waals surface area contributed by atoms with Gasteiger partial charge in [0.05, 0.1) is 6.61 Å². The van der Waals surface area contributed by atoms with Crippen LogP contribution in [0.15, 0.2) is 43.0 Å². The molecule has 1 aromatic rings. The third-order valence-electron chi connectivity index (χ3n) is 2.27. The molecule has 0 aliphatic heterocycles. The zero-order valence-electron chi connectivity index (χ0n) is 9.52.